The summed E-state index contributed by atoms with van der Waals surface area (Å²) in [6.07, 6.45) is 2.14. The highest BCUT2D eigenvalue weighted by Crippen LogP contribution is 2.39. The summed E-state index contributed by atoms with van der Waals surface area (Å²) >= 11 is 12.5. The van der Waals surface area contributed by atoms with Crippen molar-refractivity contribution in [2.24, 2.45) is 5.92 Å². The molecule has 8 heteroatoms. The van der Waals surface area contributed by atoms with Crippen LogP contribution in [0.15, 0.2) is 40.9 Å². The van der Waals surface area contributed by atoms with Crippen molar-refractivity contribution in [2.45, 2.75) is 59.5 Å². The Morgan fingerprint density at radius 1 is 1.11 bits per heavy atom. The van der Waals surface area contributed by atoms with Gasteiger partial charge in [0.1, 0.15) is 11.6 Å². The molecule has 1 fully saturated rings. The van der Waals surface area contributed by atoms with Crippen LogP contribution in [-0.4, -0.2) is 20.6 Å². The average Bonchev–Trinajstić information content (AvgIpc) is 3.34. The molecule has 1 unspecified atom stereocenters. The monoisotopic (exact) mass is 510 g/mol. The number of piperidine rings is 1. The van der Waals surface area contributed by atoms with E-state index in [0.29, 0.717) is 22.4 Å². The van der Waals surface area contributed by atoms with Crippen LogP contribution in [0.25, 0.3) is 22.2 Å². The van der Waals surface area contributed by atoms with E-state index in [1.807, 2.05) is 24.8 Å². The first-order chi connectivity index (χ1) is 16.7. The molecule has 1 amide bonds. The van der Waals surface area contributed by atoms with E-state index in [4.69, 9.17) is 32.7 Å². The molecule has 2 aromatic carbocycles. The Kier molecular flexibility index (Phi) is 6.36. The molecular formula is C27H28Cl2N4O2. The van der Waals surface area contributed by atoms with E-state index in [9.17, 15) is 4.79 Å². The van der Waals surface area contributed by atoms with E-state index >= 15 is 0 Å². The highest BCUT2D eigenvalue weighted by Gasteiger charge is 2.34. The maximum Gasteiger partial charge on any atom is 0.227 e. The average molecular weight is 511 g/mol. The largest absolute Gasteiger partial charge is 0.361 e. The summed E-state index contributed by atoms with van der Waals surface area (Å²) in [6.45, 7) is 9.05. The van der Waals surface area contributed by atoms with Gasteiger partial charge in [-0.1, -0.05) is 48.3 Å². The topological polar surface area (TPSA) is 64.2 Å². The number of benzene rings is 2. The van der Waals surface area contributed by atoms with Gasteiger partial charge in [0.05, 0.1) is 32.8 Å². The van der Waals surface area contributed by atoms with Crippen LogP contribution < -0.4 is 4.90 Å². The molecule has 5 rings (SSSR count). The number of rotatable bonds is 5. The molecule has 1 atom stereocenters. The third-order valence-electron chi connectivity index (χ3n) is 6.58. The second-order valence-corrected chi connectivity index (χ2v) is 10.5. The number of aryl methyl sites for hydroxylation is 2. The van der Waals surface area contributed by atoms with Crippen molar-refractivity contribution in [1.82, 2.24) is 14.7 Å². The van der Waals surface area contributed by atoms with E-state index in [1.165, 1.54) is 0 Å². The summed E-state index contributed by atoms with van der Waals surface area (Å²) in [5.74, 6) is 2.15. The number of nitrogens with zero attached hydrogens (tertiary/aromatic N) is 4. The zero-order chi connectivity index (χ0) is 24.9. The van der Waals surface area contributed by atoms with Crippen LogP contribution in [-0.2, 0) is 11.3 Å². The highest BCUT2D eigenvalue weighted by atomic mass is 35.5. The van der Waals surface area contributed by atoms with Gasteiger partial charge in [0.25, 0.3) is 0 Å². The minimum atomic E-state index is -0.192. The van der Waals surface area contributed by atoms with Gasteiger partial charge in [0.2, 0.25) is 5.91 Å². The Morgan fingerprint density at radius 3 is 2.60 bits per heavy atom. The van der Waals surface area contributed by atoms with Crippen LogP contribution >= 0.6 is 23.2 Å². The number of amides is 1. The molecule has 0 bridgehead atoms. The van der Waals surface area contributed by atoms with Crippen molar-refractivity contribution in [3.63, 3.8) is 0 Å². The van der Waals surface area contributed by atoms with E-state index in [2.05, 4.69) is 41.8 Å². The molecular weight excluding hydrogens is 483 g/mol. The number of hydrogen-bond acceptors (Lipinski definition) is 4. The van der Waals surface area contributed by atoms with Gasteiger partial charge in [-0.05, 0) is 68.5 Å². The van der Waals surface area contributed by atoms with E-state index < -0.39 is 0 Å². The molecule has 2 aromatic heterocycles. The summed E-state index contributed by atoms with van der Waals surface area (Å²) in [7, 11) is 0. The zero-order valence-corrected chi connectivity index (χ0v) is 21.8. The molecule has 4 aromatic rings. The lowest BCUT2D eigenvalue weighted by atomic mass is 9.99. The van der Waals surface area contributed by atoms with Gasteiger partial charge in [-0.3, -0.25) is 4.79 Å². The van der Waals surface area contributed by atoms with Gasteiger partial charge < -0.3 is 14.0 Å². The Bertz CT molecular complexity index is 1400. The molecule has 0 spiro atoms. The number of carbonyl (C=O) groups excluding carboxylic acids is 1. The smallest absolute Gasteiger partial charge is 0.227 e. The van der Waals surface area contributed by atoms with Crippen LogP contribution in [0.4, 0.5) is 5.69 Å². The zero-order valence-electron chi connectivity index (χ0n) is 20.3. The maximum atomic E-state index is 13.2. The predicted molar refractivity (Wildman–Crippen MR) is 140 cm³/mol. The van der Waals surface area contributed by atoms with Crippen molar-refractivity contribution in [3.05, 3.63) is 63.7 Å². The molecule has 1 saturated heterocycles. The number of hydrogen-bond donors (Lipinski definition) is 0. The second-order valence-electron chi connectivity index (χ2n) is 9.65. The van der Waals surface area contributed by atoms with Crippen LogP contribution in [0.2, 0.25) is 10.0 Å². The molecule has 0 radical (unpaired) electrons. The summed E-state index contributed by atoms with van der Waals surface area (Å²) in [4.78, 5) is 20.2. The molecule has 3 heterocycles. The predicted octanol–water partition coefficient (Wildman–Crippen LogP) is 7.53. The van der Waals surface area contributed by atoms with Crippen LogP contribution in [0, 0.1) is 19.8 Å². The second kappa shape index (κ2) is 9.32. The van der Waals surface area contributed by atoms with Crippen molar-refractivity contribution < 1.29 is 9.32 Å². The fraction of sp³-hybridized carbons (Fsp3) is 0.370. The van der Waals surface area contributed by atoms with Crippen molar-refractivity contribution in [3.8, 4) is 11.1 Å². The molecule has 35 heavy (non-hydrogen) atoms. The van der Waals surface area contributed by atoms with Crippen LogP contribution in [0.3, 0.4) is 0 Å². The lowest BCUT2D eigenvalue weighted by Crippen LogP contribution is -2.39. The van der Waals surface area contributed by atoms with E-state index in [0.717, 1.165) is 64.5 Å². The van der Waals surface area contributed by atoms with Gasteiger partial charge in [0.15, 0.2) is 0 Å². The van der Waals surface area contributed by atoms with Gasteiger partial charge in [-0.2, -0.15) is 0 Å². The first-order valence-corrected chi connectivity index (χ1v) is 12.7. The van der Waals surface area contributed by atoms with Gasteiger partial charge in [-0.15, -0.1) is 0 Å². The number of imidazole rings is 1. The Balaban J connectivity index is 1.66. The Hall–Kier alpha value is -2.83. The first-order valence-electron chi connectivity index (χ1n) is 11.9. The number of aromatic nitrogens is 3. The van der Waals surface area contributed by atoms with Crippen LogP contribution in [0.5, 0.6) is 0 Å². The van der Waals surface area contributed by atoms with E-state index in [-0.39, 0.29) is 11.9 Å². The third-order valence-corrected chi connectivity index (χ3v) is 7.31. The van der Waals surface area contributed by atoms with Crippen LogP contribution in [0.1, 0.15) is 56.4 Å². The van der Waals surface area contributed by atoms with Gasteiger partial charge in [-0.25, -0.2) is 4.98 Å². The number of halogens is 2. The van der Waals surface area contributed by atoms with Crippen molar-refractivity contribution >= 4 is 45.8 Å². The SMILES string of the molecule is Cc1noc(C)c1-c1ccc2c(c1)nc(C1CCCC(=O)N1c1ccc(Cl)c(Cl)c1)n2CC(C)C. The van der Waals surface area contributed by atoms with E-state index in [1.54, 1.807) is 12.1 Å². The van der Waals surface area contributed by atoms with Crippen molar-refractivity contribution in [2.75, 3.05) is 4.90 Å². The molecule has 6 nitrogen and oxygen atoms in total. The Morgan fingerprint density at radius 2 is 1.91 bits per heavy atom. The Labute approximate surface area is 214 Å². The minimum Gasteiger partial charge on any atom is -0.361 e. The number of carbonyl (C=O) groups is 1. The van der Waals surface area contributed by atoms with Crippen molar-refractivity contribution in [1.29, 1.82) is 0 Å². The normalized spacial score (nSPS) is 16.6. The maximum absolute atomic E-state index is 13.2. The number of fused-ring (bicyclic) bond motifs is 1. The molecule has 1 aliphatic heterocycles. The van der Waals surface area contributed by atoms with Gasteiger partial charge >= 0.3 is 0 Å². The minimum absolute atomic E-state index is 0.0687. The lowest BCUT2D eigenvalue weighted by molar-refractivity contribution is -0.120. The molecule has 1 aliphatic rings. The summed E-state index contributed by atoms with van der Waals surface area (Å²) in [6, 6.07) is 11.5. The molecule has 0 aliphatic carbocycles. The standard InChI is InChI=1S/C27H28Cl2N4O2/c1-15(2)14-32-23-11-8-18(26-16(3)31-35-17(26)4)12-22(23)30-27(32)24-6-5-7-25(34)33(24)19-9-10-20(28)21(29)13-19/h8-13,15,24H,5-7,14H2,1-4H3. The highest BCUT2D eigenvalue weighted by molar-refractivity contribution is 6.42. The fourth-order valence-corrected chi connectivity index (χ4v) is 5.38. The summed E-state index contributed by atoms with van der Waals surface area (Å²) < 4.78 is 7.66. The number of anilines is 1. The quantitative estimate of drug-likeness (QED) is 0.278. The molecule has 182 valence electrons. The first kappa shape index (κ1) is 23.9. The fourth-order valence-electron chi connectivity index (χ4n) is 5.08. The molecule has 0 N–H and O–H groups in total. The third kappa shape index (κ3) is 4.34. The lowest BCUT2D eigenvalue weighted by Gasteiger charge is -2.36. The summed E-state index contributed by atoms with van der Waals surface area (Å²) in [5, 5.41) is 5.01. The van der Waals surface area contributed by atoms with Gasteiger partial charge in [0, 0.05) is 24.2 Å². The molecule has 0 saturated carbocycles. The summed E-state index contributed by atoms with van der Waals surface area (Å²) in [5.41, 5.74) is 5.57.